The molecule has 3 heteroatoms. The second kappa shape index (κ2) is 4.30. The Bertz CT molecular complexity index is 431. The van der Waals surface area contributed by atoms with E-state index in [1.807, 2.05) is 0 Å². The summed E-state index contributed by atoms with van der Waals surface area (Å²) < 4.78 is 23.4. The molecule has 14 heavy (non-hydrogen) atoms. The summed E-state index contributed by atoms with van der Waals surface area (Å²) >= 11 is 3.32. The number of nitrogens with zero attached hydrogens (tertiary/aromatic N) is 2. The minimum absolute atomic E-state index is 0.0543. The van der Waals surface area contributed by atoms with Crippen LogP contribution in [0.5, 0.6) is 0 Å². The summed E-state index contributed by atoms with van der Waals surface area (Å²) in [7, 11) is 0. The number of aromatic nitrogens is 1. The smallest absolute Gasteiger partial charge is 0.142 e. The van der Waals surface area contributed by atoms with Gasteiger partial charge in [-0.25, -0.2) is 4.98 Å². The summed E-state index contributed by atoms with van der Waals surface area (Å²) in [5.74, 6) is 1.37. The fraction of sp³-hybridized carbons (Fsp3) is 0.545. The van der Waals surface area contributed by atoms with Crippen LogP contribution in [0.2, 0.25) is 0 Å². The molecule has 2 nitrogen and oxygen atoms in total. The molecule has 0 bridgehead atoms. The van der Waals surface area contributed by atoms with E-state index in [9.17, 15) is 0 Å². The summed E-state index contributed by atoms with van der Waals surface area (Å²) in [4.78, 5) is 6.22. The molecule has 0 N–H and O–H groups in total. The van der Waals surface area contributed by atoms with E-state index in [2.05, 4.69) is 32.7 Å². The van der Waals surface area contributed by atoms with Gasteiger partial charge in [0.1, 0.15) is 5.82 Å². The van der Waals surface area contributed by atoms with E-state index in [1.54, 1.807) is 0 Å². The second-order valence-corrected chi connectivity index (χ2v) is 4.57. The first-order valence-corrected chi connectivity index (χ1v) is 5.68. The van der Waals surface area contributed by atoms with Crippen LogP contribution in [-0.4, -0.2) is 18.1 Å². The molecule has 2 rings (SSSR count). The molecule has 0 amide bonds. The van der Waals surface area contributed by atoms with Crippen LogP contribution in [0.25, 0.3) is 0 Å². The van der Waals surface area contributed by atoms with Gasteiger partial charge in [0.25, 0.3) is 0 Å². The van der Waals surface area contributed by atoms with Crippen molar-refractivity contribution >= 4 is 21.7 Å². The molecular weight excluding hydrogens is 240 g/mol. The van der Waals surface area contributed by atoms with Crippen molar-refractivity contribution in [2.75, 3.05) is 18.0 Å². The van der Waals surface area contributed by atoms with Crippen LogP contribution in [0.4, 0.5) is 5.82 Å². The third-order valence-electron chi connectivity index (χ3n) is 2.67. The number of pyridine rings is 1. The van der Waals surface area contributed by atoms with Crippen molar-refractivity contribution < 1.29 is 4.11 Å². The number of rotatable bonds is 1. The third-order valence-corrected chi connectivity index (χ3v) is 3.22. The van der Waals surface area contributed by atoms with E-state index in [0.29, 0.717) is 10.3 Å². The lowest BCUT2D eigenvalue weighted by molar-refractivity contribution is 0.436. The van der Waals surface area contributed by atoms with E-state index in [1.165, 1.54) is 0 Å². The molecule has 1 aliphatic heterocycles. The zero-order valence-electron chi connectivity index (χ0n) is 11.2. The number of halogens is 1. The van der Waals surface area contributed by atoms with Gasteiger partial charge in [-0.3, -0.25) is 0 Å². The molecule has 1 aromatic rings. The third kappa shape index (κ3) is 2.08. The highest BCUT2D eigenvalue weighted by atomic mass is 79.9. The first kappa shape index (κ1) is 6.83. The molecule has 0 aliphatic carbocycles. The van der Waals surface area contributed by atoms with Gasteiger partial charge in [0.2, 0.25) is 0 Å². The Balaban J connectivity index is 2.33. The molecule has 2 heterocycles. The molecule has 1 aromatic heterocycles. The summed E-state index contributed by atoms with van der Waals surface area (Å²) in [5, 5.41) is 0. The highest BCUT2D eigenvalue weighted by Gasteiger charge is 2.18. The first-order chi connectivity index (χ1) is 8.00. The molecule has 0 spiro atoms. The minimum Gasteiger partial charge on any atom is -0.356 e. The SMILES string of the molecule is [2H]c1nc(N2CCC(C)CC2)c(Br)c([2H])c1[2H]. The average Bonchev–Trinajstić information content (AvgIpc) is 2.32. The van der Waals surface area contributed by atoms with Gasteiger partial charge in [-0.2, -0.15) is 0 Å². The maximum atomic E-state index is 7.76. The molecule has 0 saturated carbocycles. The highest BCUT2D eigenvalue weighted by molar-refractivity contribution is 9.10. The molecule has 76 valence electrons. The summed E-state index contributed by atoms with van der Waals surface area (Å²) in [5.41, 5.74) is 0. The summed E-state index contributed by atoms with van der Waals surface area (Å²) in [6.07, 6.45) is 2.10. The first-order valence-electron chi connectivity index (χ1n) is 6.39. The normalized spacial score (nSPS) is 21.6. The van der Waals surface area contributed by atoms with E-state index in [4.69, 9.17) is 4.11 Å². The molecule has 0 unspecified atom stereocenters. The van der Waals surface area contributed by atoms with Crippen LogP contribution in [0.3, 0.4) is 0 Å². The highest BCUT2D eigenvalue weighted by Crippen LogP contribution is 2.27. The molecule has 1 saturated heterocycles. The lowest BCUT2D eigenvalue weighted by Crippen LogP contribution is -2.33. The number of piperidine rings is 1. The molecule has 1 fully saturated rings. The summed E-state index contributed by atoms with van der Waals surface area (Å²) in [6, 6.07) is -0.0652. The van der Waals surface area contributed by atoms with Gasteiger partial charge in [-0.15, -0.1) is 0 Å². The van der Waals surface area contributed by atoms with Crippen molar-refractivity contribution in [3.05, 3.63) is 22.7 Å². The topological polar surface area (TPSA) is 16.1 Å². The van der Waals surface area contributed by atoms with Gasteiger partial charge in [0.05, 0.1) is 8.58 Å². The predicted octanol–water partition coefficient (Wildman–Crippen LogP) is 3.08. The van der Waals surface area contributed by atoms with Gasteiger partial charge in [0.15, 0.2) is 0 Å². The van der Waals surface area contributed by atoms with E-state index in [-0.39, 0.29) is 18.3 Å². The molecular formula is C11H15BrN2. The van der Waals surface area contributed by atoms with Crippen LogP contribution in [0.1, 0.15) is 23.9 Å². The fourth-order valence-electron chi connectivity index (χ4n) is 1.70. The maximum absolute atomic E-state index is 7.76. The minimum atomic E-state index is -0.119. The maximum Gasteiger partial charge on any atom is 0.142 e. The van der Waals surface area contributed by atoms with Crippen molar-refractivity contribution in [1.29, 1.82) is 0 Å². The lowest BCUT2D eigenvalue weighted by Gasteiger charge is -2.31. The van der Waals surface area contributed by atoms with Crippen LogP contribution >= 0.6 is 15.9 Å². The van der Waals surface area contributed by atoms with Crippen molar-refractivity contribution in [2.24, 2.45) is 5.92 Å². The van der Waals surface area contributed by atoms with Crippen LogP contribution in [0, 0.1) is 5.92 Å². The number of hydrogen-bond acceptors (Lipinski definition) is 2. The molecule has 1 aliphatic rings. The zero-order valence-corrected chi connectivity index (χ0v) is 9.76. The Labute approximate surface area is 97.7 Å². The Morgan fingerprint density at radius 1 is 1.57 bits per heavy atom. The Hall–Kier alpha value is -0.570. The van der Waals surface area contributed by atoms with Crippen LogP contribution < -0.4 is 4.90 Å². The van der Waals surface area contributed by atoms with Gasteiger partial charge in [0, 0.05) is 19.3 Å². The van der Waals surface area contributed by atoms with Crippen molar-refractivity contribution in [1.82, 2.24) is 4.98 Å². The molecule has 0 atom stereocenters. The van der Waals surface area contributed by atoms with E-state index in [0.717, 1.165) is 31.8 Å². The van der Waals surface area contributed by atoms with Gasteiger partial charge in [-0.05, 0) is 46.8 Å². The van der Waals surface area contributed by atoms with Gasteiger partial charge >= 0.3 is 0 Å². The summed E-state index contributed by atoms with van der Waals surface area (Å²) in [6.45, 7) is 4.05. The van der Waals surface area contributed by atoms with Gasteiger partial charge in [-0.1, -0.05) is 6.92 Å². The fourth-order valence-corrected chi connectivity index (χ4v) is 2.14. The Morgan fingerprint density at radius 3 is 3.00 bits per heavy atom. The van der Waals surface area contributed by atoms with Crippen molar-refractivity contribution in [3.63, 3.8) is 0 Å². The Kier molecular flexibility index (Phi) is 2.10. The van der Waals surface area contributed by atoms with Crippen molar-refractivity contribution in [3.8, 4) is 0 Å². The quantitative estimate of drug-likeness (QED) is 0.769. The van der Waals surface area contributed by atoms with E-state index >= 15 is 0 Å². The Morgan fingerprint density at radius 2 is 2.29 bits per heavy atom. The molecule has 0 radical (unpaired) electrons. The molecule has 0 aromatic carbocycles. The zero-order chi connectivity index (χ0) is 12.6. The monoisotopic (exact) mass is 257 g/mol. The predicted molar refractivity (Wildman–Crippen MR) is 62.5 cm³/mol. The standard InChI is InChI=1S/C11H15BrN2/c1-9-4-7-14(8-5-9)11-10(12)3-2-6-13-11/h2-3,6,9H,4-5,7-8H2,1H3/i2D,3D,6D. The van der Waals surface area contributed by atoms with Gasteiger partial charge < -0.3 is 4.90 Å². The van der Waals surface area contributed by atoms with Crippen LogP contribution in [-0.2, 0) is 0 Å². The van der Waals surface area contributed by atoms with E-state index < -0.39 is 0 Å². The number of anilines is 1. The van der Waals surface area contributed by atoms with Crippen molar-refractivity contribution in [2.45, 2.75) is 19.8 Å². The largest absolute Gasteiger partial charge is 0.356 e. The second-order valence-electron chi connectivity index (χ2n) is 3.78. The lowest BCUT2D eigenvalue weighted by atomic mass is 9.99. The number of hydrogen-bond donors (Lipinski definition) is 0. The average molecular weight is 258 g/mol. The van der Waals surface area contributed by atoms with Crippen LogP contribution in [0.15, 0.2) is 22.7 Å².